The summed E-state index contributed by atoms with van der Waals surface area (Å²) in [5.41, 5.74) is 1.11. The predicted molar refractivity (Wildman–Crippen MR) is 85.6 cm³/mol. The van der Waals surface area contributed by atoms with Gasteiger partial charge in [-0.3, -0.25) is 4.79 Å². The van der Waals surface area contributed by atoms with Gasteiger partial charge < -0.3 is 19.7 Å². The van der Waals surface area contributed by atoms with Crippen molar-refractivity contribution < 1.29 is 14.3 Å². The van der Waals surface area contributed by atoms with Crippen LogP contribution in [0.5, 0.6) is 0 Å². The van der Waals surface area contributed by atoms with E-state index in [4.69, 9.17) is 21.1 Å². The summed E-state index contributed by atoms with van der Waals surface area (Å²) in [6.45, 7) is 5.73. The van der Waals surface area contributed by atoms with Crippen molar-refractivity contribution in [3.05, 3.63) is 28.8 Å². The van der Waals surface area contributed by atoms with Gasteiger partial charge in [-0.15, -0.1) is 0 Å². The van der Waals surface area contributed by atoms with E-state index in [2.05, 4.69) is 5.32 Å². The van der Waals surface area contributed by atoms with Gasteiger partial charge in [0.15, 0.2) is 0 Å². The van der Waals surface area contributed by atoms with Crippen LogP contribution in [0.15, 0.2) is 18.2 Å². The Balaban J connectivity index is 1.82. The molecule has 0 aliphatic carbocycles. The summed E-state index contributed by atoms with van der Waals surface area (Å²) in [5.74, 6) is -0.00646. The largest absolute Gasteiger partial charge is 0.385 e. The molecule has 1 aromatic rings. The van der Waals surface area contributed by atoms with Gasteiger partial charge in [0.1, 0.15) is 5.60 Å². The Morgan fingerprint density at radius 2 is 2.32 bits per heavy atom. The van der Waals surface area contributed by atoms with Crippen LogP contribution in [0.2, 0.25) is 5.02 Å². The summed E-state index contributed by atoms with van der Waals surface area (Å²) < 4.78 is 11.3. The minimum atomic E-state index is -0.329. The van der Waals surface area contributed by atoms with Crippen molar-refractivity contribution in [1.82, 2.24) is 4.90 Å². The maximum absolute atomic E-state index is 12.9. The molecule has 22 heavy (non-hydrogen) atoms. The highest BCUT2D eigenvalue weighted by atomic mass is 35.5. The van der Waals surface area contributed by atoms with Crippen molar-refractivity contribution in [2.45, 2.75) is 18.9 Å². The molecular formula is C16H21ClN2O3. The highest BCUT2D eigenvalue weighted by molar-refractivity contribution is 6.31. The van der Waals surface area contributed by atoms with Crippen molar-refractivity contribution >= 4 is 23.2 Å². The van der Waals surface area contributed by atoms with Crippen LogP contribution in [-0.4, -0.2) is 55.9 Å². The summed E-state index contributed by atoms with van der Waals surface area (Å²) in [4.78, 5) is 14.8. The molecule has 2 heterocycles. The molecule has 2 aliphatic rings. The lowest BCUT2D eigenvalue weighted by Gasteiger charge is -2.39. The van der Waals surface area contributed by atoms with E-state index >= 15 is 0 Å². The van der Waals surface area contributed by atoms with Crippen LogP contribution >= 0.6 is 11.6 Å². The van der Waals surface area contributed by atoms with Gasteiger partial charge in [0.05, 0.1) is 25.3 Å². The number of anilines is 1. The fourth-order valence-electron chi connectivity index (χ4n) is 3.05. The second-order valence-electron chi connectivity index (χ2n) is 5.78. The molecule has 1 amide bonds. The standard InChI is InChI=1S/C16H21ClN2O3/c1-2-18-14-4-3-12(17)9-13(14)15(20)19-6-8-22-16(10-19)5-7-21-11-16/h3-4,9,18H,2,5-8,10-11H2,1H3/t16-/m0/s1. The van der Waals surface area contributed by atoms with Crippen molar-refractivity contribution in [3.8, 4) is 0 Å². The Labute approximate surface area is 135 Å². The first kappa shape index (κ1) is 15.6. The molecule has 0 bridgehead atoms. The molecule has 2 aliphatic heterocycles. The molecule has 0 unspecified atom stereocenters. The summed E-state index contributed by atoms with van der Waals surface area (Å²) in [5, 5.41) is 3.79. The summed E-state index contributed by atoms with van der Waals surface area (Å²) in [7, 11) is 0. The van der Waals surface area contributed by atoms with E-state index in [1.165, 1.54) is 0 Å². The maximum Gasteiger partial charge on any atom is 0.256 e. The number of hydrogen-bond acceptors (Lipinski definition) is 4. The Morgan fingerprint density at radius 3 is 3.05 bits per heavy atom. The van der Waals surface area contributed by atoms with E-state index < -0.39 is 0 Å². The SMILES string of the molecule is CCNc1ccc(Cl)cc1C(=O)N1CCO[C@@]2(CCOC2)C1. The third-order valence-electron chi connectivity index (χ3n) is 4.18. The number of morpholine rings is 1. The first-order chi connectivity index (χ1) is 10.6. The number of carbonyl (C=O) groups is 1. The number of rotatable bonds is 3. The smallest absolute Gasteiger partial charge is 0.256 e. The fraction of sp³-hybridized carbons (Fsp3) is 0.562. The quantitative estimate of drug-likeness (QED) is 0.927. The van der Waals surface area contributed by atoms with Gasteiger partial charge in [0.2, 0.25) is 0 Å². The minimum absolute atomic E-state index is 0.00646. The second-order valence-corrected chi connectivity index (χ2v) is 6.22. The average molecular weight is 325 g/mol. The van der Waals surface area contributed by atoms with Gasteiger partial charge in [-0.1, -0.05) is 11.6 Å². The van der Waals surface area contributed by atoms with Gasteiger partial charge in [-0.2, -0.15) is 0 Å². The molecule has 120 valence electrons. The fourth-order valence-corrected chi connectivity index (χ4v) is 3.23. The van der Waals surface area contributed by atoms with Gasteiger partial charge in [-0.05, 0) is 25.1 Å². The summed E-state index contributed by atoms with van der Waals surface area (Å²) in [6, 6.07) is 5.38. The number of halogens is 1. The highest BCUT2D eigenvalue weighted by Gasteiger charge is 2.42. The van der Waals surface area contributed by atoms with Crippen LogP contribution in [0.1, 0.15) is 23.7 Å². The zero-order chi connectivity index (χ0) is 15.6. The second kappa shape index (κ2) is 6.44. The van der Waals surface area contributed by atoms with E-state index in [-0.39, 0.29) is 11.5 Å². The molecule has 3 rings (SSSR count). The molecule has 0 aromatic heterocycles. The Bertz CT molecular complexity index is 558. The first-order valence-electron chi connectivity index (χ1n) is 7.68. The van der Waals surface area contributed by atoms with Crippen LogP contribution in [-0.2, 0) is 9.47 Å². The topological polar surface area (TPSA) is 50.8 Å². The van der Waals surface area contributed by atoms with Gasteiger partial charge in [0.25, 0.3) is 5.91 Å². The van der Waals surface area contributed by atoms with Crippen LogP contribution in [0.25, 0.3) is 0 Å². The number of hydrogen-bond donors (Lipinski definition) is 1. The molecule has 1 aromatic carbocycles. The molecule has 0 radical (unpaired) electrons. The van der Waals surface area contributed by atoms with Gasteiger partial charge in [0, 0.05) is 36.8 Å². The molecule has 1 N–H and O–H groups in total. The lowest BCUT2D eigenvalue weighted by atomic mass is 10.00. The summed E-state index contributed by atoms with van der Waals surface area (Å²) >= 11 is 6.08. The van der Waals surface area contributed by atoms with Crippen molar-refractivity contribution in [3.63, 3.8) is 0 Å². The van der Waals surface area contributed by atoms with Crippen molar-refractivity contribution in [1.29, 1.82) is 0 Å². The number of ether oxygens (including phenoxy) is 2. The van der Waals surface area contributed by atoms with E-state index in [9.17, 15) is 4.79 Å². The molecule has 5 nitrogen and oxygen atoms in total. The molecule has 2 fully saturated rings. The minimum Gasteiger partial charge on any atom is -0.385 e. The van der Waals surface area contributed by atoms with Crippen LogP contribution < -0.4 is 5.32 Å². The number of amides is 1. The van der Waals surface area contributed by atoms with Crippen molar-refractivity contribution in [2.24, 2.45) is 0 Å². The zero-order valence-electron chi connectivity index (χ0n) is 12.7. The van der Waals surface area contributed by atoms with E-state index in [0.717, 1.165) is 18.7 Å². The maximum atomic E-state index is 12.9. The number of carbonyl (C=O) groups excluding carboxylic acids is 1. The zero-order valence-corrected chi connectivity index (χ0v) is 13.5. The average Bonchev–Trinajstić information content (AvgIpc) is 2.96. The van der Waals surface area contributed by atoms with Crippen LogP contribution in [0.3, 0.4) is 0 Å². The number of nitrogens with one attached hydrogen (secondary N) is 1. The number of benzene rings is 1. The Hall–Kier alpha value is -1.30. The third-order valence-corrected chi connectivity index (χ3v) is 4.42. The molecule has 2 saturated heterocycles. The van der Waals surface area contributed by atoms with E-state index in [1.807, 2.05) is 17.9 Å². The third kappa shape index (κ3) is 3.07. The van der Waals surface area contributed by atoms with Crippen LogP contribution in [0, 0.1) is 0 Å². The van der Waals surface area contributed by atoms with Gasteiger partial charge in [-0.25, -0.2) is 0 Å². The molecule has 0 saturated carbocycles. The summed E-state index contributed by atoms with van der Waals surface area (Å²) in [6.07, 6.45) is 0.840. The Kier molecular flexibility index (Phi) is 4.57. The van der Waals surface area contributed by atoms with E-state index in [1.54, 1.807) is 12.1 Å². The lowest BCUT2D eigenvalue weighted by Crippen LogP contribution is -2.54. The molecule has 1 atom stereocenters. The van der Waals surface area contributed by atoms with E-state index in [0.29, 0.717) is 43.5 Å². The highest BCUT2D eigenvalue weighted by Crippen LogP contribution is 2.29. The predicted octanol–water partition coefficient (Wildman–Crippen LogP) is 2.40. The lowest BCUT2D eigenvalue weighted by molar-refractivity contribution is -0.0995. The normalized spacial score (nSPS) is 24.7. The molecular weight excluding hydrogens is 304 g/mol. The molecule has 1 spiro atoms. The van der Waals surface area contributed by atoms with Crippen molar-refractivity contribution in [2.75, 3.05) is 44.8 Å². The monoisotopic (exact) mass is 324 g/mol. The van der Waals surface area contributed by atoms with Gasteiger partial charge >= 0.3 is 0 Å². The Morgan fingerprint density at radius 1 is 1.45 bits per heavy atom. The molecule has 6 heteroatoms. The van der Waals surface area contributed by atoms with Crippen LogP contribution in [0.4, 0.5) is 5.69 Å². The first-order valence-corrected chi connectivity index (χ1v) is 8.06. The number of nitrogens with zero attached hydrogens (tertiary/aromatic N) is 1.